The minimum absolute atomic E-state index is 0.0821. The van der Waals surface area contributed by atoms with Crippen LogP contribution in [0.5, 0.6) is 0 Å². The number of rotatable bonds is 6. The first-order valence-electron chi connectivity index (χ1n) is 12.2. The Hall–Kier alpha value is -1.67. The highest BCUT2D eigenvalue weighted by molar-refractivity contribution is 7.89. The molecule has 0 atom stereocenters. The molecule has 1 aromatic rings. The number of ether oxygens (including phenoxy) is 1. The molecule has 33 heavy (non-hydrogen) atoms. The lowest BCUT2D eigenvalue weighted by atomic mass is 9.87. The van der Waals surface area contributed by atoms with Crippen molar-refractivity contribution >= 4 is 16.1 Å². The van der Waals surface area contributed by atoms with E-state index in [9.17, 15) is 17.6 Å². The molecule has 8 heteroatoms. The molecule has 2 aliphatic heterocycles. The lowest BCUT2D eigenvalue weighted by Gasteiger charge is -2.34. The molecule has 0 N–H and O–H groups in total. The summed E-state index contributed by atoms with van der Waals surface area (Å²) in [6.45, 7) is 9.89. The second-order valence-corrected chi connectivity index (χ2v) is 12.5. The molecule has 0 aromatic heterocycles. The minimum atomic E-state index is -3.65. The first kappa shape index (κ1) is 25.9. The van der Waals surface area contributed by atoms with Crippen LogP contribution in [0.4, 0.5) is 9.18 Å². The van der Waals surface area contributed by atoms with Crippen molar-refractivity contribution < 1.29 is 22.3 Å². The molecule has 0 radical (unpaired) electrons. The van der Waals surface area contributed by atoms with Crippen molar-refractivity contribution in [3.63, 3.8) is 0 Å². The van der Waals surface area contributed by atoms with E-state index in [2.05, 4.69) is 0 Å². The predicted molar refractivity (Wildman–Crippen MR) is 127 cm³/mol. The molecule has 1 aromatic carbocycles. The highest BCUT2D eigenvalue weighted by Gasteiger charge is 2.31. The summed E-state index contributed by atoms with van der Waals surface area (Å²) in [5.74, 6) is 0.651. The molecule has 1 amide bonds. The molecular weight excluding hydrogens is 443 g/mol. The van der Waals surface area contributed by atoms with Crippen LogP contribution in [-0.4, -0.2) is 55.5 Å². The molecule has 0 saturated carbocycles. The van der Waals surface area contributed by atoms with Gasteiger partial charge in [0, 0.05) is 26.2 Å². The van der Waals surface area contributed by atoms with Gasteiger partial charge in [0.05, 0.1) is 4.90 Å². The highest BCUT2D eigenvalue weighted by Crippen LogP contribution is 2.30. The number of sulfonamides is 1. The fourth-order valence-corrected chi connectivity index (χ4v) is 6.56. The van der Waals surface area contributed by atoms with E-state index in [1.807, 2.05) is 25.7 Å². The lowest BCUT2D eigenvalue weighted by molar-refractivity contribution is 0.0180. The van der Waals surface area contributed by atoms with Crippen LogP contribution in [0.1, 0.15) is 71.3 Å². The van der Waals surface area contributed by atoms with Crippen LogP contribution < -0.4 is 0 Å². The van der Waals surface area contributed by atoms with Gasteiger partial charge in [-0.2, -0.15) is 4.31 Å². The molecule has 0 bridgehead atoms. The summed E-state index contributed by atoms with van der Waals surface area (Å²) in [6, 6.07) is 3.94. The van der Waals surface area contributed by atoms with E-state index in [-0.39, 0.29) is 11.0 Å². The van der Waals surface area contributed by atoms with Crippen LogP contribution in [-0.2, 0) is 14.8 Å². The first-order valence-corrected chi connectivity index (χ1v) is 13.6. The van der Waals surface area contributed by atoms with Crippen LogP contribution in [0.25, 0.3) is 0 Å². The van der Waals surface area contributed by atoms with E-state index in [1.165, 1.54) is 16.4 Å². The zero-order valence-corrected chi connectivity index (χ0v) is 21.3. The Bertz CT molecular complexity index is 913. The largest absolute Gasteiger partial charge is 0.444 e. The van der Waals surface area contributed by atoms with E-state index >= 15 is 0 Å². The van der Waals surface area contributed by atoms with Gasteiger partial charge in [0.2, 0.25) is 10.0 Å². The Balaban J connectivity index is 1.38. The molecule has 6 nitrogen and oxygen atoms in total. The van der Waals surface area contributed by atoms with Crippen molar-refractivity contribution in [3.05, 3.63) is 29.6 Å². The van der Waals surface area contributed by atoms with Crippen LogP contribution in [0.2, 0.25) is 0 Å². The van der Waals surface area contributed by atoms with Crippen molar-refractivity contribution in [2.45, 2.75) is 83.1 Å². The average molecular weight is 483 g/mol. The van der Waals surface area contributed by atoms with E-state index in [1.54, 1.807) is 6.92 Å². The van der Waals surface area contributed by atoms with Gasteiger partial charge in [-0.15, -0.1) is 0 Å². The number of hydrogen-bond donors (Lipinski definition) is 0. The first-order chi connectivity index (χ1) is 15.5. The van der Waals surface area contributed by atoms with Crippen LogP contribution >= 0.6 is 0 Å². The minimum Gasteiger partial charge on any atom is -0.444 e. The van der Waals surface area contributed by atoms with Crippen molar-refractivity contribution in [3.8, 4) is 0 Å². The molecule has 0 unspecified atom stereocenters. The van der Waals surface area contributed by atoms with Gasteiger partial charge in [0.1, 0.15) is 11.4 Å². The molecule has 0 aliphatic carbocycles. The Labute approximate surface area is 198 Å². The summed E-state index contributed by atoms with van der Waals surface area (Å²) in [7, 11) is -3.65. The zero-order valence-electron chi connectivity index (χ0n) is 20.5. The summed E-state index contributed by atoms with van der Waals surface area (Å²) < 4.78 is 46.5. The molecule has 2 heterocycles. The maximum atomic E-state index is 13.6. The van der Waals surface area contributed by atoms with E-state index in [4.69, 9.17) is 4.74 Å². The smallest absolute Gasteiger partial charge is 0.410 e. The number of carbonyl (C=O) groups is 1. The fraction of sp³-hybridized carbons (Fsp3) is 0.720. The van der Waals surface area contributed by atoms with Gasteiger partial charge in [-0.05, 0) is 82.9 Å². The van der Waals surface area contributed by atoms with Gasteiger partial charge in [0.15, 0.2) is 0 Å². The summed E-state index contributed by atoms with van der Waals surface area (Å²) in [4.78, 5) is 14.1. The second-order valence-electron chi connectivity index (χ2n) is 10.6. The highest BCUT2D eigenvalue weighted by atomic mass is 32.2. The Morgan fingerprint density at radius 2 is 1.58 bits per heavy atom. The van der Waals surface area contributed by atoms with E-state index < -0.39 is 21.4 Å². The zero-order chi connectivity index (χ0) is 24.2. The Morgan fingerprint density at radius 1 is 1.03 bits per heavy atom. The third kappa shape index (κ3) is 7.15. The molecule has 186 valence electrons. The predicted octanol–water partition coefficient (Wildman–Crippen LogP) is 5.35. The van der Waals surface area contributed by atoms with Crippen LogP contribution in [0.3, 0.4) is 0 Å². The number of amides is 1. The topological polar surface area (TPSA) is 66.9 Å². The second kappa shape index (κ2) is 10.7. The molecule has 0 spiro atoms. The third-order valence-corrected chi connectivity index (χ3v) is 8.87. The maximum absolute atomic E-state index is 13.6. The van der Waals surface area contributed by atoms with Crippen molar-refractivity contribution in [1.82, 2.24) is 9.21 Å². The summed E-state index contributed by atoms with van der Waals surface area (Å²) in [6.07, 6.45) is 6.93. The normalized spacial score (nSPS) is 19.6. The van der Waals surface area contributed by atoms with Crippen molar-refractivity contribution in [2.75, 3.05) is 26.2 Å². The molecular formula is C25H39FN2O4S. The molecule has 3 rings (SSSR count). The van der Waals surface area contributed by atoms with Gasteiger partial charge < -0.3 is 9.64 Å². The van der Waals surface area contributed by atoms with Crippen LogP contribution in [0.15, 0.2) is 23.1 Å². The molecule has 2 aliphatic rings. The number of piperidine rings is 2. The summed E-state index contributed by atoms with van der Waals surface area (Å²) >= 11 is 0. The van der Waals surface area contributed by atoms with Gasteiger partial charge in [-0.3, -0.25) is 0 Å². The average Bonchev–Trinajstić information content (AvgIpc) is 2.75. The number of carbonyl (C=O) groups excluding carboxylic acids is 1. The SMILES string of the molecule is Cc1ccc(F)cc1S(=O)(=O)N1CCC(CCCC2CCN(C(=O)OC(C)(C)C)CC2)CC1. The van der Waals surface area contributed by atoms with Crippen LogP contribution in [0, 0.1) is 24.6 Å². The maximum Gasteiger partial charge on any atom is 0.410 e. The Morgan fingerprint density at radius 3 is 2.12 bits per heavy atom. The van der Waals surface area contributed by atoms with Crippen molar-refractivity contribution in [1.29, 1.82) is 0 Å². The lowest BCUT2D eigenvalue weighted by Crippen LogP contribution is -2.41. The fourth-order valence-electron chi connectivity index (χ4n) is 4.86. The van der Waals surface area contributed by atoms with Gasteiger partial charge in [0.25, 0.3) is 0 Å². The van der Waals surface area contributed by atoms with Gasteiger partial charge >= 0.3 is 6.09 Å². The quantitative estimate of drug-likeness (QED) is 0.548. The van der Waals surface area contributed by atoms with E-state index in [0.29, 0.717) is 30.5 Å². The molecule has 2 saturated heterocycles. The standard InChI is InChI=1S/C25H39FN2O4S/c1-19-8-9-22(26)18-23(19)33(30,31)28-16-12-21(13-17-28)7-5-6-20-10-14-27(15-11-20)24(29)32-25(2,3)4/h8-9,18,20-21H,5-7,10-17H2,1-4H3. The van der Waals surface area contributed by atoms with Crippen molar-refractivity contribution in [2.24, 2.45) is 11.8 Å². The number of nitrogens with zero attached hydrogens (tertiary/aromatic N) is 2. The van der Waals surface area contributed by atoms with Gasteiger partial charge in [-0.1, -0.05) is 25.3 Å². The Kier molecular flexibility index (Phi) is 8.43. The third-order valence-electron chi connectivity index (χ3n) is 6.83. The monoisotopic (exact) mass is 482 g/mol. The number of aryl methyl sites for hydroxylation is 1. The van der Waals surface area contributed by atoms with E-state index in [0.717, 1.165) is 64.1 Å². The summed E-state index contributed by atoms with van der Waals surface area (Å²) in [5, 5.41) is 0. The number of likely N-dealkylation sites (tertiary alicyclic amines) is 1. The number of benzene rings is 1. The van der Waals surface area contributed by atoms with Gasteiger partial charge in [-0.25, -0.2) is 17.6 Å². The summed E-state index contributed by atoms with van der Waals surface area (Å²) in [5.41, 5.74) is 0.120. The molecule has 2 fully saturated rings. The number of halogens is 1. The number of hydrogen-bond acceptors (Lipinski definition) is 4.